The Hall–Kier alpha value is -2.19. The van der Waals surface area contributed by atoms with E-state index < -0.39 is 29.1 Å². The molecular weight excluding hydrogens is 458 g/mol. The standard InChI is InChI=1S/C28H45N3O5/c1-7-15-29(16-8-2)24(33)21-22-25(34)31(18-11-12-19-32)23(26(35)30(17-9-3)20(5)6)28(22)14-13-27(21,10-4)36-28/h7,9,20-23,32H,1,3,8,10-19H2,2,4-6H3/t21-,22+,23?,27+,28?/m1/s1. The summed E-state index contributed by atoms with van der Waals surface area (Å²) in [5, 5.41) is 9.35. The smallest absolute Gasteiger partial charge is 0.248 e. The van der Waals surface area contributed by atoms with Gasteiger partial charge in [-0.05, 0) is 52.4 Å². The average molecular weight is 504 g/mol. The molecule has 3 amide bonds. The largest absolute Gasteiger partial charge is 0.396 e. The monoisotopic (exact) mass is 503 g/mol. The lowest BCUT2D eigenvalue weighted by Gasteiger charge is -2.38. The quantitative estimate of drug-likeness (QED) is 0.291. The molecule has 1 N–H and O–H groups in total. The molecule has 36 heavy (non-hydrogen) atoms. The van der Waals surface area contributed by atoms with E-state index in [9.17, 15) is 19.5 Å². The van der Waals surface area contributed by atoms with Gasteiger partial charge in [0.15, 0.2) is 0 Å². The van der Waals surface area contributed by atoms with Crippen LogP contribution in [0.15, 0.2) is 25.3 Å². The van der Waals surface area contributed by atoms with E-state index in [-0.39, 0.29) is 30.4 Å². The number of ether oxygens (including phenoxy) is 1. The van der Waals surface area contributed by atoms with Crippen molar-refractivity contribution in [2.45, 2.75) is 89.5 Å². The third-order valence-corrected chi connectivity index (χ3v) is 8.37. The van der Waals surface area contributed by atoms with Crippen LogP contribution in [0.1, 0.15) is 66.2 Å². The molecule has 2 bridgehead atoms. The van der Waals surface area contributed by atoms with Crippen molar-refractivity contribution in [3.63, 3.8) is 0 Å². The number of likely N-dealkylation sites (tertiary alicyclic amines) is 1. The van der Waals surface area contributed by atoms with Gasteiger partial charge >= 0.3 is 0 Å². The molecule has 0 radical (unpaired) electrons. The summed E-state index contributed by atoms with van der Waals surface area (Å²) < 4.78 is 6.85. The minimum absolute atomic E-state index is 0.0217. The van der Waals surface area contributed by atoms with Crippen LogP contribution in [0, 0.1) is 11.8 Å². The predicted octanol–water partition coefficient (Wildman–Crippen LogP) is 2.76. The summed E-state index contributed by atoms with van der Waals surface area (Å²) in [4.78, 5) is 47.5. The maximum absolute atomic E-state index is 14.1. The van der Waals surface area contributed by atoms with Gasteiger partial charge in [-0.15, -0.1) is 13.2 Å². The first kappa shape index (κ1) is 28.4. The summed E-state index contributed by atoms with van der Waals surface area (Å²) in [6, 6.07) is -0.870. The van der Waals surface area contributed by atoms with Crippen LogP contribution in [0.4, 0.5) is 0 Å². The zero-order valence-electron chi connectivity index (χ0n) is 22.6. The first-order chi connectivity index (χ1) is 17.2. The second kappa shape index (κ2) is 11.5. The SMILES string of the molecule is C=CCN(CCC)C(=O)[C@H]1[C@H]2C(=O)N(CCCCO)C(C(=O)N(CC=C)C(C)C)C23CC[C@]1(CC)O3. The Morgan fingerprint density at radius 2 is 1.86 bits per heavy atom. The molecule has 3 saturated heterocycles. The molecule has 1 spiro atoms. The normalized spacial score (nSPS) is 30.6. The lowest BCUT2D eigenvalue weighted by molar-refractivity contribution is -0.155. The minimum Gasteiger partial charge on any atom is -0.396 e. The molecule has 8 nitrogen and oxygen atoms in total. The van der Waals surface area contributed by atoms with Crippen molar-refractivity contribution < 1.29 is 24.2 Å². The maximum Gasteiger partial charge on any atom is 0.248 e. The van der Waals surface area contributed by atoms with Crippen molar-refractivity contribution in [3.8, 4) is 0 Å². The van der Waals surface area contributed by atoms with Gasteiger partial charge in [-0.3, -0.25) is 14.4 Å². The van der Waals surface area contributed by atoms with E-state index in [1.54, 1.807) is 26.9 Å². The van der Waals surface area contributed by atoms with Crippen molar-refractivity contribution in [2.75, 3.05) is 32.8 Å². The molecular formula is C28H45N3O5. The highest BCUT2D eigenvalue weighted by atomic mass is 16.5. The van der Waals surface area contributed by atoms with Crippen molar-refractivity contribution in [1.29, 1.82) is 0 Å². The molecule has 3 aliphatic rings. The zero-order chi connectivity index (χ0) is 26.7. The highest BCUT2D eigenvalue weighted by Gasteiger charge is 2.79. The number of carbonyl (C=O) groups is 3. The summed E-state index contributed by atoms with van der Waals surface area (Å²) >= 11 is 0. The van der Waals surface area contributed by atoms with Gasteiger partial charge in [0.05, 0.1) is 17.4 Å². The summed E-state index contributed by atoms with van der Waals surface area (Å²) in [5.74, 6) is -1.71. The second-order valence-electron chi connectivity index (χ2n) is 10.7. The van der Waals surface area contributed by atoms with Crippen LogP contribution < -0.4 is 0 Å². The van der Waals surface area contributed by atoms with Gasteiger partial charge in [-0.25, -0.2) is 0 Å². The van der Waals surface area contributed by atoms with E-state index in [0.717, 1.165) is 6.42 Å². The van der Waals surface area contributed by atoms with E-state index in [1.807, 2.05) is 27.7 Å². The highest BCUT2D eigenvalue weighted by molar-refractivity contribution is 5.99. The van der Waals surface area contributed by atoms with E-state index >= 15 is 0 Å². The van der Waals surface area contributed by atoms with Gasteiger partial charge in [0.1, 0.15) is 11.6 Å². The maximum atomic E-state index is 14.1. The summed E-state index contributed by atoms with van der Waals surface area (Å²) in [6.07, 6.45) is 7.16. The van der Waals surface area contributed by atoms with Gasteiger partial charge in [0, 0.05) is 38.8 Å². The number of nitrogens with zero attached hydrogens (tertiary/aromatic N) is 3. The summed E-state index contributed by atoms with van der Waals surface area (Å²) in [5.41, 5.74) is -1.77. The minimum atomic E-state index is -1.02. The number of aliphatic hydroxyl groups is 1. The van der Waals surface area contributed by atoms with Crippen molar-refractivity contribution in [2.24, 2.45) is 11.8 Å². The average Bonchev–Trinajstić information content (AvgIpc) is 3.45. The number of rotatable bonds is 14. The van der Waals surface area contributed by atoms with Crippen LogP contribution in [0.2, 0.25) is 0 Å². The Morgan fingerprint density at radius 1 is 1.17 bits per heavy atom. The topological polar surface area (TPSA) is 90.4 Å². The van der Waals surface area contributed by atoms with Crippen LogP contribution in [-0.4, -0.2) is 93.6 Å². The van der Waals surface area contributed by atoms with E-state index in [0.29, 0.717) is 58.3 Å². The zero-order valence-corrected chi connectivity index (χ0v) is 22.6. The summed E-state index contributed by atoms with van der Waals surface area (Å²) in [7, 11) is 0. The molecule has 0 saturated carbocycles. The molecule has 0 aromatic heterocycles. The van der Waals surface area contributed by atoms with Crippen molar-refractivity contribution in [3.05, 3.63) is 25.3 Å². The summed E-state index contributed by atoms with van der Waals surface area (Å²) in [6.45, 7) is 17.3. The molecule has 0 aromatic rings. The van der Waals surface area contributed by atoms with E-state index in [4.69, 9.17) is 4.74 Å². The van der Waals surface area contributed by atoms with Gasteiger partial charge in [0.25, 0.3) is 0 Å². The van der Waals surface area contributed by atoms with Crippen molar-refractivity contribution in [1.82, 2.24) is 14.7 Å². The molecule has 2 unspecified atom stereocenters. The number of aliphatic hydroxyl groups excluding tert-OH is 1. The third kappa shape index (κ3) is 4.51. The van der Waals surface area contributed by atoms with E-state index in [1.165, 1.54) is 0 Å². The fourth-order valence-corrected chi connectivity index (χ4v) is 6.77. The Kier molecular flexibility index (Phi) is 9.04. The molecule has 3 aliphatic heterocycles. The Labute approximate surface area is 216 Å². The molecule has 3 heterocycles. The van der Waals surface area contributed by atoms with Gasteiger partial charge < -0.3 is 24.5 Å². The number of amides is 3. The van der Waals surface area contributed by atoms with Crippen LogP contribution in [0.5, 0.6) is 0 Å². The predicted molar refractivity (Wildman–Crippen MR) is 139 cm³/mol. The van der Waals surface area contributed by atoms with Crippen LogP contribution in [-0.2, 0) is 19.1 Å². The second-order valence-corrected chi connectivity index (χ2v) is 10.7. The first-order valence-corrected chi connectivity index (χ1v) is 13.6. The number of carbonyl (C=O) groups excluding carboxylic acids is 3. The molecule has 0 aromatic carbocycles. The Balaban J connectivity index is 2.10. The molecule has 3 rings (SSSR count). The number of unbranched alkanes of at least 4 members (excludes halogenated alkanes) is 1. The lowest BCUT2D eigenvalue weighted by Crippen LogP contribution is -2.57. The Bertz CT molecular complexity index is 860. The van der Waals surface area contributed by atoms with Crippen LogP contribution >= 0.6 is 0 Å². The molecule has 5 atom stereocenters. The van der Waals surface area contributed by atoms with Crippen molar-refractivity contribution >= 4 is 17.7 Å². The van der Waals surface area contributed by atoms with Gasteiger partial charge in [0.2, 0.25) is 17.7 Å². The van der Waals surface area contributed by atoms with Crippen LogP contribution in [0.25, 0.3) is 0 Å². The third-order valence-electron chi connectivity index (χ3n) is 8.37. The molecule has 0 aliphatic carbocycles. The van der Waals surface area contributed by atoms with Gasteiger partial charge in [-0.2, -0.15) is 0 Å². The molecule has 202 valence electrons. The van der Waals surface area contributed by atoms with E-state index in [2.05, 4.69) is 13.2 Å². The molecule has 8 heteroatoms. The van der Waals surface area contributed by atoms with Gasteiger partial charge in [-0.1, -0.05) is 26.0 Å². The fraction of sp³-hybridized carbons (Fsp3) is 0.750. The fourth-order valence-electron chi connectivity index (χ4n) is 6.77. The number of hydrogen-bond acceptors (Lipinski definition) is 5. The Morgan fingerprint density at radius 3 is 2.42 bits per heavy atom. The van der Waals surface area contributed by atoms with Crippen LogP contribution in [0.3, 0.4) is 0 Å². The highest BCUT2D eigenvalue weighted by Crippen LogP contribution is 2.64. The number of hydrogen-bond donors (Lipinski definition) is 1. The molecule has 3 fully saturated rings. The lowest BCUT2D eigenvalue weighted by atomic mass is 9.64. The number of fused-ring (bicyclic) bond motifs is 1. The first-order valence-electron chi connectivity index (χ1n) is 13.6.